The Kier molecular flexibility index (Phi) is 3.97. The molecular weight excluding hydrogens is 247 g/mol. The third-order valence-corrected chi connectivity index (χ3v) is 3.57. The molecule has 7 heteroatoms. The van der Waals surface area contributed by atoms with E-state index in [9.17, 15) is 17.3 Å². The largest absolute Gasteiger partial charge is 0.673 e. The molecule has 0 aromatic carbocycles. The minimum absolute atomic E-state index is 0.770. The van der Waals surface area contributed by atoms with Crippen molar-refractivity contribution in [1.29, 1.82) is 0 Å². The van der Waals surface area contributed by atoms with Crippen molar-refractivity contribution < 1.29 is 21.9 Å². The third kappa shape index (κ3) is 3.75. The summed E-state index contributed by atoms with van der Waals surface area (Å²) in [5.41, 5.74) is 5.16. The summed E-state index contributed by atoms with van der Waals surface area (Å²) < 4.78 is 41.5. The topological polar surface area (TPSA) is 15.0 Å². The van der Waals surface area contributed by atoms with Crippen LogP contribution in [-0.2, 0) is 0 Å². The predicted octanol–water partition coefficient (Wildman–Crippen LogP) is 2.92. The van der Waals surface area contributed by atoms with Crippen molar-refractivity contribution in [3.63, 3.8) is 0 Å². The van der Waals surface area contributed by atoms with Gasteiger partial charge in [0, 0.05) is 25.3 Å². The van der Waals surface area contributed by atoms with Crippen LogP contribution in [0.5, 0.6) is 0 Å². The normalized spacial score (nSPS) is 34.0. The van der Waals surface area contributed by atoms with Crippen LogP contribution in [0.15, 0.2) is 12.2 Å². The molecule has 2 saturated heterocycles. The molecule has 3 fully saturated rings. The van der Waals surface area contributed by atoms with E-state index >= 15 is 0 Å². The zero-order valence-corrected chi connectivity index (χ0v) is 10.1. The number of hydrazine groups is 1. The second-order valence-electron chi connectivity index (χ2n) is 4.93. The molecule has 18 heavy (non-hydrogen) atoms. The zero-order valence-electron chi connectivity index (χ0n) is 10.1. The van der Waals surface area contributed by atoms with Crippen molar-refractivity contribution in [2.45, 2.75) is 50.6 Å². The van der Waals surface area contributed by atoms with Gasteiger partial charge in [0.25, 0.3) is 0 Å². The van der Waals surface area contributed by atoms with Crippen molar-refractivity contribution in [2.24, 2.45) is 0 Å². The van der Waals surface area contributed by atoms with Crippen molar-refractivity contribution in [2.75, 3.05) is 0 Å². The Morgan fingerprint density at radius 1 is 1.11 bits per heavy atom. The molecule has 2 aliphatic heterocycles. The quantitative estimate of drug-likeness (QED) is 0.404. The Bertz CT molecular complexity index is 351. The van der Waals surface area contributed by atoms with Crippen LogP contribution in [0.1, 0.15) is 38.5 Å². The third-order valence-electron chi connectivity index (χ3n) is 3.57. The molecular formula is C11H17BF4N2. The molecule has 0 radical (unpaired) electrons. The predicted molar refractivity (Wildman–Crippen MR) is 63.0 cm³/mol. The van der Waals surface area contributed by atoms with Crippen LogP contribution in [0.25, 0.3) is 0 Å². The fourth-order valence-corrected chi connectivity index (χ4v) is 2.82. The minimum Gasteiger partial charge on any atom is -0.418 e. The molecule has 102 valence electrons. The zero-order chi connectivity index (χ0) is 13.2. The standard InChI is InChI=1S/C11H17N2.BF4/c1-2-4-10(3-1)13-11-7-5-9(12-13)6-8-11;2-1(3,4)5/h1,3,9,11-12H,2,4-8H2;/q+1;-1/b13-10+;. The number of hydrogen-bond acceptors (Lipinski definition) is 1. The molecule has 2 heterocycles. The fourth-order valence-electron chi connectivity index (χ4n) is 2.82. The van der Waals surface area contributed by atoms with E-state index in [-0.39, 0.29) is 0 Å². The van der Waals surface area contributed by atoms with Crippen LogP contribution in [0.3, 0.4) is 0 Å². The number of nitrogens with zero attached hydrogens (tertiary/aromatic N) is 1. The number of hydrogen-bond donors (Lipinski definition) is 1. The summed E-state index contributed by atoms with van der Waals surface area (Å²) >= 11 is 0. The van der Waals surface area contributed by atoms with Gasteiger partial charge in [-0.05, 0) is 19.3 Å². The van der Waals surface area contributed by atoms with E-state index in [1.54, 1.807) is 0 Å². The molecule has 2 nitrogen and oxygen atoms in total. The van der Waals surface area contributed by atoms with Crippen molar-refractivity contribution in [1.82, 2.24) is 5.43 Å². The molecule has 2 bridgehead atoms. The lowest BCUT2D eigenvalue weighted by Crippen LogP contribution is -2.55. The van der Waals surface area contributed by atoms with Gasteiger partial charge in [0.05, 0.1) is 6.04 Å². The van der Waals surface area contributed by atoms with Crippen LogP contribution in [-0.4, -0.2) is 29.7 Å². The summed E-state index contributed by atoms with van der Waals surface area (Å²) in [7, 11) is -6.00. The lowest BCUT2D eigenvalue weighted by atomic mass is 9.89. The smallest absolute Gasteiger partial charge is 0.418 e. The first-order valence-electron chi connectivity index (χ1n) is 6.38. The number of halogens is 4. The monoisotopic (exact) mass is 264 g/mol. The molecule has 4 rings (SSSR count). The summed E-state index contributed by atoms with van der Waals surface area (Å²) in [4.78, 5) is 0. The van der Waals surface area contributed by atoms with E-state index in [0.717, 1.165) is 12.1 Å². The van der Waals surface area contributed by atoms with Crippen molar-refractivity contribution >= 4 is 13.0 Å². The SMILES string of the molecule is C1=C/C(=[N+]2\NC3CCC2CC3)CC1.F[B-](F)(F)F. The summed E-state index contributed by atoms with van der Waals surface area (Å²) in [6.07, 6.45) is 12.6. The molecule has 0 aromatic rings. The first kappa shape index (κ1) is 13.4. The molecule has 0 unspecified atom stereocenters. The molecule has 2 aliphatic carbocycles. The van der Waals surface area contributed by atoms with Crippen LogP contribution in [0.2, 0.25) is 0 Å². The molecule has 0 aromatic heterocycles. The molecule has 1 saturated carbocycles. The van der Waals surface area contributed by atoms with Gasteiger partial charge in [-0.3, -0.25) is 0 Å². The number of fused-ring (bicyclic) bond motifs is 3. The lowest BCUT2D eigenvalue weighted by Gasteiger charge is -2.34. The second-order valence-corrected chi connectivity index (χ2v) is 4.93. The van der Waals surface area contributed by atoms with Crippen LogP contribution >= 0.6 is 0 Å². The lowest BCUT2D eigenvalue weighted by molar-refractivity contribution is -0.649. The Hall–Kier alpha value is -1.01. The van der Waals surface area contributed by atoms with E-state index in [1.807, 2.05) is 0 Å². The van der Waals surface area contributed by atoms with Gasteiger partial charge in [-0.1, -0.05) is 6.08 Å². The number of hydrazone groups is 1. The maximum Gasteiger partial charge on any atom is 0.673 e. The van der Waals surface area contributed by atoms with Gasteiger partial charge in [-0.25, -0.2) is 0 Å². The van der Waals surface area contributed by atoms with Crippen molar-refractivity contribution in [3.05, 3.63) is 12.2 Å². The molecule has 0 spiro atoms. The second kappa shape index (κ2) is 5.32. The van der Waals surface area contributed by atoms with Gasteiger partial charge in [0.2, 0.25) is 5.71 Å². The van der Waals surface area contributed by atoms with Gasteiger partial charge in [0.1, 0.15) is 0 Å². The van der Waals surface area contributed by atoms with Crippen LogP contribution in [0.4, 0.5) is 17.3 Å². The number of allylic oxidation sites excluding steroid dienone is 2. The van der Waals surface area contributed by atoms with Gasteiger partial charge in [-0.15, -0.1) is 4.68 Å². The fraction of sp³-hybridized carbons (Fsp3) is 0.727. The van der Waals surface area contributed by atoms with E-state index in [4.69, 9.17) is 0 Å². The molecule has 4 aliphatic rings. The number of rotatable bonds is 0. The molecule has 0 amide bonds. The highest BCUT2D eigenvalue weighted by Gasteiger charge is 2.38. The highest BCUT2D eigenvalue weighted by Crippen LogP contribution is 2.26. The summed E-state index contributed by atoms with van der Waals surface area (Å²) in [5, 5.41) is 0. The van der Waals surface area contributed by atoms with E-state index in [1.165, 1.54) is 44.2 Å². The first-order valence-corrected chi connectivity index (χ1v) is 6.38. The first-order chi connectivity index (χ1) is 8.43. The molecule has 0 atom stereocenters. The van der Waals surface area contributed by atoms with Gasteiger partial charge in [-0.2, -0.15) is 5.43 Å². The van der Waals surface area contributed by atoms with E-state index in [2.05, 4.69) is 22.3 Å². The summed E-state index contributed by atoms with van der Waals surface area (Å²) in [5.74, 6) is 0. The van der Waals surface area contributed by atoms with Crippen LogP contribution < -0.4 is 5.43 Å². The molecule has 1 N–H and O–H groups in total. The summed E-state index contributed by atoms with van der Waals surface area (Å²) in [6.45, 7) is 0. The maximum absolute atomic E-state index is 9.75. The average molecular weight is 264 g/mol. The van der Waals surface area contributed by atoms with Gasteiger partial charge < -0.3 is 17.3 Å². The Morgan fingerprint density at radius 3 is 2.11 bits per heavy atom. The highest BCUT2D eigenvalue weighted by atomic mass is 19.5. The van der Waals surface area contributed by atoms with Crippen molar-refractivity contribution in [3.8, 4) is 0 Å². The van der Waals surface area contributed by atoms with E-state index in [0.29, 0.717) is 0 Å². The highest BCUT2D eigenvalue weighted by molar-refractivity contribution is 6.50. The Labute approximate surface area is 104 Å². The maximum atomic E-state index is 9.75. The summed E-state index contributed by atoms with van der Waals surface area (Å²) in [6, 6.07) is 1.56. The van der Waals surface area contributed by atoms with Gasteiger partial charge in [0.15, 0.2) is 6.04 Å². The number of nitrogens with one attached hydrogen (secondary N) is 1. The minimum atomic E-state index is -6.00. The Morgan fingerprint density at radius 2 is 1.72 bits per heavy atom. The van der Waals surface area contributed by atoms with Crippen LogP contribution in [0, 0.1) is 0 Å². The van der Waals surface area contributed by atoms with Gasteiger partial charge >= 0.3 is 7.25 Å². The average Bonchev–Trinajstić information content (AvgIpc) is 2.81. The van der Waals surface area contributed by atoms with E-state index < -0.39 is 7.25 Å². The Balaban J connectivity index is 0.000000209.